The van der Waals surface area contributed by atoms with Crippen LogP contribution in [0, 0.1) is 25.7 Å². The lowest BCUT2D eigenvalue weighted by Gasteiger charge is -2.37. The third-order valence-electron chi connectivity index (χ3n) is 7.40. The van der Waals surface area contributed by atoms with Crippen LogP contribution in [0.3, 0.4) is 0 Å². The molecule has 34 heavy (non-hydrogen) atoms. The second kappa shape index (κ2) is 8.79. The van der Waals surface area contributed by atoms with Crippen LogP contribution < -0.4 is 0 Å². The van der Waals surface area contributed by atoms with Crippen molar-refractivity contribution in [2.24, 2.45) is 11.8 Å². The molecule has 1 fully saturated rings. The molecular weight excluding hydrogens is 422 g/mol. The number of nitrogens with zero attached hydrogens (tertiary/aromatic N) is 2. The zero-order chi connectivity index (χ0) is 24.0. The van der Waals surface area contributed by atoms with Crippen LogP contribution in [0.1, 0.15) is 42.5 Å². The Labute approximate surface area is 201 Å². The lowest BCUT2D eigenvalue weighted by atomic mass is 9.90. The molecule has 0 radical (unpaired) electrons. The highest BCUT2D eigenvalue weighted by Crippen LogP contribution is 2.36. The molecule has 2 unspecified atom stereocenters. The summed E-state index contributed by atoms with van der Waals surface area (Å²) in [6.07, 6.45) is 3.76. The molecule has 3 heterocycles. The Morgan fingerprint density at radius 2 is 1.68 bits per heavy atom. The number of aryl methyl sites for hydroxylation is 2. The largest absolute Gasteiger partial charge is 0.366 e. The summed E-state index contributed by atoms with van der Waals surface area (Å²) in [5.41, 5.74) is 6.50. The molecule has 176 valence electrons. The van der Waals surface area contributed by atoms with Gasteiger partial charge in [-0.25, -0.2) is 0 Å². The van der Waals surface area contributed by atoms with E-state index in [1.165, 1.54) is 10.5 Å². The zero-order valence-electron chi connectivity index (χ0n) is 20.5. The molecule has 0 saturated carbocycles. The summed E-state index contributed by atoms with van der Waals surface area (Å²) in [7, 11) is 0. The smallest absolute Gasteiger partial charge is 0.277 e. The van der Waals surface area contributed by atoms with Gasteiger partial charge >= 0.3 is 0 Å². The Morgan fingerprint density at radius 1 is 0.941 bits per heavy atom. The molecule has 2 aliphatic heterocycles. The SMILES string of the molecule is Cc1ccc(C2=C(N3CC(C)CC(C)C3)C(=O)N(CCc3c[nH]c4ccccc34)C2=O)cc1C. The Hall–Kier alpha value is -3.34. The van der Waals surface area contributed by atoms with Crippen molar-refractivity contribution in [2.75, 3.05) is 19.6 Å². The maximum Gasteiger partial charge on any atom is 0.277 e. The van der Waals surface area contributed by atoms with Gasteiger partial charge in [-0.1, -0.05) is 50.2 Å². The minimum atomic E-state index is -0.172. The van der Waals surface area contributed by atoms with Gasteiger partial charge in [-0.15, -0.1) is 0 Å². The van der Waals surface area contributed by atoms with Gasteiger partial charge in [0.2, 0.25) is 0 Å². The summed E-state index contributed by atoms with van der Waals surface area (Å²) in [5.74, 6) is 0.647. The number of carbonyl (C=O) groups excluding carboxylic acids is 2. The van der Waals surface area contributed by atoms with Crippen molar-refractivity contribution >= 4 is 28.3 Å². The number of fused-ring (bicyclic) bond motifs is 1. The first-order valence-corrected chi connectivity index (χ1v) is 12.3. The first kappa shape index (κ1) is 22.5. The van der Waals surface area contributed by atoms with E-state index in [0.717, 1.165) is 47.1 Å². The topological polar surface area (TPSA) is 56.4 Å². The van der Waals surface area contributed by atoms with Crippen LogP contribution in [0.15, 0.2) is 54.4 Å². The summed E-state index contributed by atoms with van der Waals surface area (Å²) in [6.45, 7) is 10.6. The molecule has 5 nitrogen and oxygen atoms in total. The molecule has 2 aromatic carbocycles. The Bertz CT molecular complexity index is 1290. The number of hydrogen-bond donors (Lipinski definition) is 1. The van der Waals surface area contributed by atoms with Gasteiger partial charge < -0.3 is 9.88 Å². The van der Waals surface area contributed by atoms with Gasteiger partial charge in [-0.3, -0.25) is 14.5 Å². The van der Waals surface area contributed by atoms with Crippen LogP contribution in [-0.2, 0) is 16.0 Å². The predicted octanol–water partition coefficient (Wildman–Crippen LogP) is 5.09. The van der Waals surface area contributed by atoms with Gasteiger partial charge in [-0.2, -0.15) is 0 Å². The molecule has 2 atom stereocenters. The summed E-state index contributed by atoms with van der Waals surface area (Å²) in [4.78, 5) is 34.5. The minimum absolute atomic E-state index is 0.153. The van der Waals surface area contributed by atoms with E-state index in [0.29, 0.717) is 36.1 Å². The van der Waals surface area contributed by atoms with E-state index in [1.807, 2.05) is 36.5 Å². The van der Waals surface area contributed by atoms with Crippen LogP contribution >= 0.6 is 0 Å². The molecule has 5 heteroatoms. The number of amides is 2. The Morgan fingerprint density at radius 3 is 2.41 bits per heavy atom. The molecule has 3 aromatic rings. The molecule has 1 saturated heterocycles. The second-order valence-electron chi connectivity index (χ2n) is 10.2. The number of benzene rings is 2. The number of likely N-dealkylation sites (tertiary alicyclic amines) is 1. The monoisotopic (exact) mass is 455 g/mol. The summed E-state index contributed by atoms with van der Waals surface area (Å²) >= 11 is 0. The number of para-hydroxylation sites is 1. The highest BCUT2D eigenvalue weighted by molar-refractivity contribution is 6.35. The van der Waals surface area contributed by atoms with Gasteiger partial charge in [0, 0.05) is 36.7 Å². The zero-order valence-corrected chi connectivity index (χ0v) is 20.5. The van der Waals surface area contributed by atoms with E-state index < -0.39 is 0 Å². The second-order valence-corrected chi connectivity index (χ2v) is 10.2. The minimum Gasteiger partial charge on any atom is -0.366 e. The number of H-pyrrole nitrogens is 1. The van der Waals surface area contributed by atoms with Gasteiger partial charge in [0.15, 0.2) is 0 Å². The molecule has 2 amide bonds. The van der Waals surface area contributed by atoms with Crippen molar-refractivity contribution in [1.82, 2.24) is 14.8 Å². The standard InChI is InChI=1S/C29H33N3O2/c1-18-13-19(2)17-31(16-18)27-26(22-10-9-20(3)21(4)14-22)28(33)32(29(27)34)12-11-23-15-30-25-8-6-5-7-24(23)25/h5-10,14-15,18-19,30H,11-13,16-17H2,1-4H3. The first-order valence-electron chi connectivity index (χ1n) is 12.3. The van der Waals surface area contributed by atoms with E-state index >= 15 is 0 Å². The van der Waals surface area contributed by atoms with Crippen molar-refractivity contribution < 1.29 is 9.59 Å². The number of piperidine rings is 1. The van der Waals surface area contributed by atoms with Crippen molar-refractivity contribution in [3.63, 3.8) is 0 Å². The van der Waals surface area contributed by atoms with Crippen LogP contribution in [0.2, 0.25) is 0 Å². The average molecular weight is 456 g/mol. The van der Waals surface area contributed by atoms with Gasteiger partial charge in [0.05, 0.1) is 5.57 Å². The molecular formula is C29H33N3O2. The number of nitrogens with one attached hydrogen (secondary N) is 1. The highest BCUT2D eigenvalue weighted by Gasteiger charge is 2.42. The van der Waals surface area contributed by atoms with Crippen LogP contribution in [0.5, 0.6) is 0 Å². The molecule has 1 N–H and O–H groups in total. The third kappa shape index (κ3) is 3.93. The van der Waals surface area contributed by atoms with Crippen molar-refractivity contribution in [3.05, 3.63) is 76.6 Å². The van der Waals surface area contributed by atoms with Crippen LogP contribution in [-0.4, -0.2) is 46.2 Å². The highest BCUT2D eigenvalue weighted by atomic mass is 16.2. The normalized spacial score (nSPS) is 21.3. The number of hydrogen-bond acceptors (Lipinski definition) is 3. The maximum atomic E-state index is 13.8. The molecule has 2 aliphatic rings. The number of aromatic nitrogens is 1. The average Bonchev–Trinajstić information content (AvgIpc) is 3.32. The van der Waals surface area contributed by atoms with Crippen LogP contribution in [0.25, 0.3) is 16.5 Å². The van der Waals surface area contributed by atoms with Crippen LogP contribution in [0.4, 0.5) is 0 Å². The summed E-state index contributed by atoms with van der Waals surface area (Å²) < 4.78 is 0. The van der Waals surface area contributed by atoms with E-state index in [9.17, 15) is 9.59 Å². The lowest BCUT2D eigenvalue weighted by Crippen LogP contribution is -2.42. The number of imide groups is 1. The van der Waals surface area contributed by atoms with Crippen molar-refractivity contribution in [1.29, 1.82) is 0 Å². The van der Waals surface area contributed by atoms with Crippen molar-refractivity contribution in [3.8, 4) is 0 Å². The fourth-order valence-electron chi connectivity index (χ4n) is 5.63. The lowest BCUT2D eigenvalue weighted by molar-refractivity contribution is -0.137. The number of carbonyl (C=O) groups is 2. The van der Waals surface area contributed by atoms with Gasteiger partial charge in [0.1, 0.15) is 5.70 Å². The van der Waals surface area contributed by atoms with Crippen molar-refractivity contribution in [2.45, 2.75) is 40.5 Å². The molecule has 0 aliphatic carbocycles. The molecule has 0 bridgehead atoms. The van der Waals surface area contributed by atoms with E-state index in [-0.39, 0.29) is 11.8 Å². The fraction of sp³-hybridized carbons (Fsp3) is 0.379. The molecule has 0 spiro atoms. The third-order valence-corrected chi connectivity index (χ3v) is 7.40. The van der Waals surface area contributed by atoms with Gasteiger partial charge in [-0.05, 0) is 66.8 Å². The summed E-state index contributed by atoms with van der Waals surface area (Å²) in [5, 5.41) is 1.14. The van der Waals surface area contributed by atoms with E-state index in [1.54, 1.807) is 0 Å². The Balaban J connectivity index is 1.49. The van der Waals surface area contributed by atoms with Gasteiger partial charge in [0.25, 0.3) is 11.8 Å². The number of aromatic amines is 1. The molecule has 5 rings (SSSR count). The molecule has 1 aromatic heterocycles. The van der Waals surface area contributed by atoms with E-state index in [4.69, 9.17) is 0 Å². The maximum absolute atomic E-state index is 13.8. The fourth-order valence-corrected chi connectivity index (χ4v) is 5.63. The van der Waals surface area contributed by atoms with E-state index in [2.05, 4.69) is 49.7 Å². The summed E-state index contributed by atoms with van der Waals surface area (Å²) in [6, 6.07) is 14.2. The Kier molecular flexibility index (Phi) is 5.80. The first-order chi connectivity index (χ1) is 16.3. The predicted molar refractivity (Wildman–Crippen MR) is 136 cm³/mol. The quantitative estimate of drug-likeness (QED) is 0.546. The number of rotatable bonds is 5.